The highest BCUT2D eigenvalue weighted by atomic mass is 32.1. The summed E-state index contributed by atoms with van der Waals surface area (Å²) in [6, 6.07) is 10.7. The SMILES string of the molecule is OC[C@@H]1CCCN1Cc1ccc(-c2ccccn2)s1. The molecule has 0 aromatic carbocycles. The number of pyridine rings is 1. The topological polar surface area (TPSA) is 36.4 Å². The Bertz CT molecular complexity index is 526. The summed E-state index contributed by atoms with van der Waals surface area (Å²) < 4.78 is 0. The molecule has 1 aliphatic heterocycles. The molecule has 3 nitrogen and oxygen atoms in total. The molecular weight excluding hydrogens is 256 g/mol. The predicted octanol–water partition coefficient (Wildman–Crippen LogP) is 2.77. The third-order valence-electron chi connectivity index (χ3n) is 3.65. The van der Waals surface area contributed by atoms with Crippen LogP contribution in [0.15, 0.2) is 36.5 Å². The first-order valence-electron chi connectivity index (χ1n) is 6.72. The third-order valence-corrected chi connectivity index (χ3v) is 4.74. The molecule has 2 aromatic heterocycles. The molecule has 0 saturated carbocycles. The Morgan fingerprint density at radius 1 is 1.32 bits per heavy atom. The van der Waals surface area contributed by atoms with E-state index in [9.17, 15) is 5.11 Å². The Morgan fingerprint density at radius 2 is 2.26 bits per heavy atom. The maximum absolute atomic E-state index is 9.35. The minimum Gasteiger partial charge on any atom is -0.395 e. The lowest BCUT2D eigenvalue weighted by Gasteiger charge is -2.21. The molecular formula is C15H18N2OS. The summed E-state index contributed by atoms with van der Waals surface area (Å²) in [5.74, 6) is 0. The molecule has 0 spiro atoms. The van der Waals surface area contributed by atoms with Crippen molar-refractivity contribution in [2.45, 2.75) is 25.4 Å². The van der Waals surface area contributed by atoms with E-state index in [4.69, 9.17) is 0 Å². The number of rotatable bonds is 4. The molecule has 0 unspecified atom stereocenters. The van der Waals surface area contributed by atoms with Gasteiger partial charge in [-0.3, -0.25) is 9.88 Å². The van der Waals surface area contributed by atoms with Gasteiger partial charge in [0.15, 0.2) is 0 Å². The quantitative estimate of drug-likeness (QED) is 0.931. The smallest absolute Gasteiger partial charge is 0.0801 e. The van der Waals surface area contributed by atoms with E-state index in [1.165, 1.54) is 16.2 Å². The van der Waals surface area contributed by atoms with E-state index in [-0.39, 0.29) is 6.61 Å². The van der Waals surface area contributed by atoms with Gasteiger partial charge in [0, 0.05) is 23.7 Å². The van der Waals surface area contributed by atoms with Crippen molar-refractivity contribution in [3.63, 3.8) is 0 Å². The highest BCUT2D eigenvalue weighted by molar-refractivity contribution is 7.15. The van der Waals surface area contributed by atoms with Crippen LogP contribution < -0.4 is 0 Å². The summed E-state index contributed by atoms with van der Waals surface area (Å²) >= 11 is 1.80. The van der Waals surface area contributed by atoms with Crippen LogP contribution in [0.2, 0.25) is 0 Å². The van der Waals surface area contributed by atoms with Gasteiger partial charge in [0.1, 0.15) is 0 Å². The average molecular weight is 274 g/mol. The highest BCUT2D eigenvalue weighted by Crippen LogP contribution is 2.29. The summed E-state index contributed by atoms with van der Waals surface area (Å²) in [5.41, 5.74) is 1.04. The summed E-state index contributed by atoms with van der Waals surface area (Å²) in [6.07, 6.45) is 4.15. The van der Waals surface area contributed by atoms with E-state index in [2.05, 4.69) is 22.0 Å². The fraction of sp³-hybridized carbons (Fsp3) is 0.400. The van der Waals surface area contributed by atoms with Crippen molar-refractivity contribution >= 4 is 11.3 Å². The van der Waals surface area contributed by atoms with E-state index in [0.717, 1.165) is 25.2 Å². The molecule has 3 heterocycles. The number of aliphatic hydroxyl groups is 1. The number of thiophene rings is 1. The number of hydrogen-bond donors (Lipinski definition) is 1. The molecule has 100 valence electrons. The zero-order valence-corrected chi connectivity index (χ0v) is 11.6. The van der Waals surface area contributed by atoms with Gasteiger partial charge < -0.3 is 5.11 Å². The van der Waals surface area contributed by atoms with Gasteiger partial charge in [-0.15, -0.1) is 11.3 Å². The van der Waals surface area contributed by atoms with Gasteiger partial charge in [-0.25, -0.2) is 0 Å². The van der Waals surface area contributed by atoms with Crippen LogP contribution in [0.1, 0.15) is 17.7 Å². The van der Waals surface area contributed by atoms with Crippen LogP contribution in [-0.2, 0) is 6.54 Å². The van der Waals surface area contributed by atoms with Crippen LogP contribution in [0, 0.1) is 0 Å². The molecule has 4 heteroatoms. The second-order valence-electron chi connectivity index (χ2n) is 4.93. The maximum atomic E-state index is 9.35. The molecule has 0 radical (unpaired) electrons. The van der Waals surface area contributed by atoms with Crippen LogP contribution in [0.4, 0.5) is 0 Å². The fourth-order valence-corrected chi connectivity index (χ4v) is 3.63. The Kier molecular flexibility index (Phi) is 3.92. The van der Waals surface area contributed by atoms with Crippen LogP contribution in [0.3, 0.4) is 0 Å². The van der Waals surface area contributed by atoms with Crippen molar-refractivity contribution in [2.24, 2.45) is 0 Å². The summed E-state index contributed by atoms with van der Waals surface area (Å²) in [4.78, 5) is 9.33. The zero-order valence-electron chi connectivity index (χ0n) is 10.8. The van der Waals surface area contributed by atoms with E-state index >= 15 is 0 Å². The molecule has 0 aliphatic carbocycles. The first-order valence-corrected chi connectivity index (χ1v) is 7.53. The van der Waals surface area contributed by atoms with Crippen LogP contribution in [-0.4, -0.2) is 34.2 Å². The summed E-state index contributed by atoms with van der Waals surface area (Å²) in [7, 11) is 0. The monoisotopic (exact) mass is 274 g/mol. The minimum atomic E-state index is 0.276. The standard InChI is InChI=1S/C15H18N2OS/c18-11-12-4-3-9-17(12)10-13-6-7-15(19-13)14-5-1-2-8-16-14/h1-2,5-8,12,18H,3-4,9-11H2/t12-/m0/s1. The van der Waals surface area contributed by atoms with E-state index in [1.54, 1.807) is 11.3 Å². The fourth-order valence-electron chi connectivity index (χ4n) is 2.62. The molecule has 0 bridgehead atoms. The number of hydrogen-bond acceptors (Lipinski definition) is 4. The lowest BCUT2D eigenvalue weighted by atomic mass is 10.2. The van der Waals surface area contributed by atoms with Gasteiger partial charge in [-0.1, -0.05) is 6.07 Å². The summed E-state index contributed by atoms with van der Waals surface area (Å²) in [6.45, 7) is 2.32. The Balaban J connectivity index is 1.72. The second-order valence-corrected chi connectivity index (χ2v) is 6.10. The number of aliphatic hydroxyl groups excluding tert-OH is 1. The minimum absolute atomic E-state index is 0.276. The maximum Gasteiger partial charge on any atom is 0.0801 e. The van der Waals surface area contributed by atoms with Crippen LogP contribution in [0.25, 0.3) is 10.6 Å². The lowest BCUT2D eigenvalue weighted by Crippen LogP contribution is -2.31. The molecule has 1 N–H and O–H groups in total. The van der Waals surface area contributed by atoms with Gasteiger partial charge >= 0.3 is 0 Å². The number of aromatic nitrogens is 1. The van der Waals surface area contributed by atoms with Gasteiger partial charge in [0.2, 0.25) is 0 Å². The first-order chi connectivity index (χ1) is 9.36. The molecule has 0 amide bonds. The van der Waals surface area contributed by atoms with Crippen molar-refractivity contribution in [3.05, 3.63) is 41.4 Å². The Hall–Kier alpha value is -1.23. The van der Waals surface area contributed by atoms with Crippen LogP contribution in [0.5, 0.6) is 0 Å². The van der Waals surface area contributed by atoms with Gasteiger partial charge in [0.25, 0.3) is 0 Å². The Labute approximate surface area is 117 Å². The van der Waals surface area contributed by atoms with Crippen molar-refractivity contribution < 1.29 is 5.11 Å². The molecule has 3 rings (SSSR count). The molecule has 1 fully saturated rings. The van der Waals surface area contributed by atoms with E-state index in [0.29, 0.717) is 6.04 Å². The average Bonchev–Trinajstić information content (AvgIpc) is 3.09. The molecule has 1 atom stereocenters. The lowest BCUT2D eigenvalue weighted by molar-refractivity contribution is 0.154. The van der Waals surface area contributed by atoms with Crippen molar-refractivity contribution in [1.29, 1.82) is 0 Å². The summed E-state index contributed by atoms with van der Waals surface area (Å²) in [5, 5.41) is 9.35. The van der Waals surface area contributed by atoms with Crippen molar-refractivity contribution in [3.8, 4) is 10.6 Å². The van der Waals surface area contributed by atoms with Crippen LogP contribution >= 0.6 is 11.3 Å². The normalized spacial score (nSPS) is 19.9. The number of likely N-dealkylation sites (tertiary alicyclic amines) is 1. The van der Waals surface area contributed by atoms with Gasteiger partial charge in [-0.05, 0) is 43.7 Å². The number of nitrogens with zero attached hydrogens (tertiary/aromatic N) is 2. The van der Waals surface area contributed by atoms with Gasteiger partial charge in [0.05, 0.1) is 17.2 Å². The van der Waals surface area contributed by atoms with Crippen molar-refractivity contribution in [1.82, 2.24) is 9.88 Å². The molecule has 1 saturated heterocycles. The Morgan fingerprint density at radius 3 is 3.05 bits per heavy atom. The van der Waals surface area contributed by atoms with E-state index < -0.39 is 0 Å². The second kappa shape index (κ2) is 5.82. The predicted molar refractivity (Wildman–Crippen MR) is 78.1 cm³/mol. The van der Waals surface area contributed by atoms with E-state index in [1.807, 2.05) is 24.4 Å². The molecule has 2 aromatic rings. The molecule has 1 aliphatic rings. The highest BCUT2D eigenvalue weighted by Gasteiger charge is 2.23. The van der Waals surface area contributed by atoms with Crippen molar-refractivity contribution in [2.75, 3.05) is 13.2 Å². The largest absolute Gasteiger partial charge is 0.395 e. The third kappa shape index (κ3) is 2.86. The molecule has 19 heavy (non-hydrogen) atoms. The van der Waals surface area contributed by atoms with Gasteiger partial charge in [-0.2, -0.15) is 0 Å². The zero-order chi connectivity index (χ0) is 13.1. The first kappa shape index (κ1) is 12.8.